The summed E-state index contributed by atoms with van der Waals surface area (Å²) in [6.45, 7) is 4.62. The van der Waals surface area contributed by atoms with Crippen molar-refractivity contribution in [2.75, 3.05) is 51.3 Å². The van der Waals surface area contributed by atoms with Gasteiger partial charge < -0.3 is 19.4 Å². The molecule has 1 atom stereocenters. The van der Waals surface area contributed by atoms with E-state index in [1.54, 1.807) is 13.3 Å². The number of piperazine rings is 1. The van der Waals surface area contributed by atoms with Crippen molar-refractivity contribution in [3.63, 3.8) is 0 Å². The van der Waals surface area contributed by atoms with Gasteiger partial charge >= 0.3 is 0 Å². The molecule has 2 aliphatic heterocycles. The van der Waals surface area contributed by atoms with Gasteiger partial charge in [0.25, 0.3) is 5.91 Å². The summed E-state index contributed by atoms with van der Waals surface area (Å²) in [6, 6.07) is 13.2. The Hall–Kier alpha value is -3.09. The summed E-state index contributed by atoms with van der Waals surface area (Å²) in [5.41, 5.74) is 0.688. The van der Waals surface area contributed by atoms with Crippen molar-refractivity contribution < 1.29 is 14.3 Å². The van der Waals surface area contributed by atoms with Crippen LogP contribution in [0.3, 0.4) is 0 Å². The third kappa shape index (κ3) is 5.39. The van der Waals surface area contributed by atoms with E-state index in [0.717, 1.165) is 70.1 Å². The summed E-state index contributed by atoms with van der Waals surface area (Å²) in [6.07, 6.45) is 5.26. The van der Waals surface area contributed by atoms with E-state index in [9.17, 15) is 9.59 Å². The van der Waals surface area contributed by atoms with Crippen LogP contribution in [0.4, 0.5) is 5.82 Å². The van der Waals surface area contributed by atoms with E-state index in [-0.39, 0.29) is 11.8 Å². The number of methoxy groups -OCH3 is 1. The number of benzene rings is 1. The first-order valence-electron chi connectivity index (χ1n) is 11.5. The van der Waals surface area contributed by atoms with E-state index in [0.29, 0.717) is 17.9 Å². The van der Waals surface area contributed by atoms with Gasteiger partial charge in [0.05, 0.1) is 7.11 Å². The molecule has 0 radical (unpaired) electrons. The number of nitrogens with zero attached hydrogens (tertiary/aromatic N) is 4. The van der Waals surface area contributed by atoms with Gasteiger partial charge in [-0.3, -0.25) is 9.59 Å². The fraction of sp³-hybridized carbons (Fsp3) is 0.480. The third-order valence-electron chi connectivity index (χ3n) is 6.52. The Morgan fingerprint density at radius 2 is 1.78 bits per heavy atom. The van der Waals surface area contributed by atoms with Crippen LogP contribution in [0.1, 0.15) is 36.0 Å². The second-order valence-electron chi connectivity index (χ2n) is 8.58. The minimum absolute atomic E-state index is 0.0642. The lowest BCUT2D eigenvalue weighted by Gasteiger charge is -2.36. The quantitative estimate of drug-likeness (QED) is 0.696. The molecule has 4 rings (SSSR count). The van der Waals surface area contributed by atoms with Gasteiger partial charge in [0.2, 0.25) is 5.91 Å². The van der Waals surface area contributed by atoms with Gasteiger partial charge in [-0.2, -0.15) is 0 Å². The van der Waals surface area contributed by atoms with Crippen LogP contribution in [0, 0.1) is 5.92 Å². The molecule has 3 heterocycles. The first kappa shape index (κ1) is 22.1. The van der Waals surface area contributed by atoms with E-state index in [4.69, 9.17) is 4.74 Å². The number of ether oxygens (including phenoxy) is 1. The van der Waals surface area contributed by atoms with Crippen molar-refractivity contribution in [2.24, 2.45) is 5.92 Å². The topological polar surface area (TPSA) is 66.0 Å². The Balaban J connectivity index is 1.23. The molecule has 2 aromatic rings. The standard InChI is InChI=1S/C25H32N4O3/c1-32-22-10-8-21(9-11-22)25(31)29-14-4-5-20(19-29)7-12-24(30)28-17-15-27(16-18-28)23-6-2-3-13-26-23/h2-3,6,8-11,13,20H,4-5,7,12,14-19H2,1H3/t20-/m1/s1. The Morgan fingerprint density at radius 1 is 1.00 bits per heavy atom. The zero-order valence-electron chi connectivity index (χ0n) is 18.8. The van der Waals surface area contributed by atoms with Crippen LogP contribution < -0.4 is 9.64 Å². The highest BCUT2D eigenvalue weighted by Crippen LogP contribution is 2.24. The lowest BCUT2D eigenvalue weighted by Crippen LogP contribution is -2.49. The highest BCUT2D eigenvalue weighted by atomic mass is 16.5. The maximum atomic E-state index is 12.9. The van der Waals surface area contributed by atoms with Crippen LogP contribution in [-0.4, -0.2) is 73.0 Å². The average molecular weight is 437 g/mol. The lowest BCUT2D eigenvalue weighted by molar-refractivity contribution is -0.131. The number of hydrogen-bond acceptors (Lipinski definition) is 5. The van der Waals surface area contributed by atoms with Crippen LogP contribution in [0.2, 0.25) is 0 Å². The molecule has 1 aromatic heterocycles. The molecule has 2 aliphatic rings. The molecule has 7 heteroatoms. The highest BCUT2D eigenvalue weighted by Gasteiger charge is 2.27. The lowest BCUT2D eigenvalue weighted by atomic mass is 9.92. The fourth-order valence-electron chi connectivity index (χ4n) is 4.61. The maximum absolute atomic E-state index is 12.9. The number of carbonyl (C=O) groups excluding carboxylic acids is 2. The SMILES string of the molecule is COc1ccc(C(=O)N2CCC[C@H](CCC(=O)N3CCN(c4ccccn4)CC3)C2)cc1. The van der Waals surface area contributed by atoms with Crippen LogP contribution in [0.25, 0.3) is 0 Å². The van der Waals surface area contributed by atoms with Gasteiger partial charge in [0.1, 0.15) is 11.6 Å². The van der Waals surface area contributed by atoms with Crippen molar-refractivity contribution in [3.05, 3.63) is 54.2 Å². The van der Waals surface area contributed by atoms with Crippen LogP contribution in [0.5, 0.6) is 5.75 Å². The Kier molecular flexibility index (Phi) is 7.24. The van der Waals surface area contributed by atoms with Gasteiger partial charge in [-0.05, 0) is 61.6 Å². The number of piperidine rings is 1. The van der Waals surface area contributed by atoms with Crippen LogP contribution >= 0.6 is 0 Å². The Labute approximate surface area is 190 Å². The van der Waals surface area contributed by atoms with Crippen molar-refractivity contribution in [1.29, 1.82) is 0 Å². The van der Waals surface area contributed by atoms with Gasteiger partial charge in [-0.15, -0.1) is 0 Å². The van der Waals surface area contributed by atoms with Crippen molar-refractivity contribution in [1.82, 2.24) is 14.8 Å². The van der Waals surface area contributed by atoms with Crippen molar-refractivity contribution >= 4 is 17.6 Å². The molecule has 0 bridgehead atoms. The highest BCUT2D eigenvalue weighted by molar-refractivity contribution is 5.94. The van der Waals surface area contributed by atoms with E-state index >= 15 is 0 Å². The molecule has 0 unspecified atom stereocenters. The molecule has 0 N–H and O–H groups in total. The molecular weight excluding hydrogens is 404 g/mol. The molecule has 2 saturated heterocycles. The Bertz CT molecular complexity index is 895. The van der Waals surface area contributed by atoms with Gasteiger partial charge in [-0.25, -0.2) is 4.98 Å². The smallest absolute Gasteiger partial charge is 0.253 e. The fourth-order valence-corrected chi connectivity index (χ4v) is 4.61. The number of amides is 2. The van der Waals surface area contributed by atoms with E-state index in [2.05, 4.69) is 9.88 Å². The van der Waals surface area contributed by atoms with E-state index in [1.807, 2.05) is 52.3 Å². The normalized spacial score (nSPS) is 19.0. The third-order valence-corrected chi connectivity index (χ3v) is 6.52. The van der Waals surface area contributed by atoms with Gasteiger partial charge in [0.15, 0.2) is 0 Å². The van der Waals surface area contributed by atoms with Gasteiger partial charge in [0, 0.05) is 57.4 Å². The van der Waals surface area contributed by atoms with Gasteiger partial charge in [-0.1, -0.05) is 6.07 Å². The second-order valence-corrected chi connectivity index (χ2v) is 8.58. The van der Waals surface area contributed by atoms with Crippen LogP contribution in [0.15, 0.2) is 48.7 Å². The predicted molar refractivity (Wildman–Crippen MR) is 124 cm³/mol. The van der Waals surface area contributed by atoms with E-state index < -0.39 is 0 Å². The number of hydrogen-bond donors (Lipinski definition) is 0. The second kappa shape index (κ2) is 10.5. The van der Waals surface area contributed by atoms with Crippen molar-refractivity contribution in [3.8, 4) is 5.75 Å². The number of likely N-dealkylation sites (tertiary alicyclic amines) is 1. The Morgan fingerprint density at radius 3 is 2.47 bits per heavy atom. The molecule has 0 saturated carbocycles. The zero-order valence-corrected chi connectivity index (χ0v) is 18.8. The number of rotatable bonds is 6. The first-order chi connectivity index (χ1) is 15.6. The molecule has 1 aromatic carbocycles. The summed E-state index contributed by atoms with van der Waals surface area (Å²) in [7, 11) is 1.62. The number of pyridine rings is 1. The molecule has 0 spiro atoms. The monoisotopic (exact) mass is 436 g/mol. The largest absolute Gasteiger partial charge is 0.497 e. The van der Waals surface area contributed by atoms with E-state index in [1.165, 1.54) is 0 Å². The number of anilines is 1. The summed E-state index contributed by atoms with van der Waals surface area (Å²) in [5.74, 6) is 2.39. The minimum Gasteiger partial charge on any atom is -0.497 e. The minimum atomic E-state index is 0.0642. The first-order valence-corrected chi connectivity index (χ1v) is 11.5. The molecule has 32 heavy (non-hydrogen) atoms. The molecule has 2 fully saturated rings. The molecule has 7 nitrogen and oxygen atoms in total. The van der Waals surface area contributed by atoms with Crippen molar-refractivity contribution in [2.45, 2.75) is 25.7 Å². The molecule has 0 aliphatic carbocycles. The summed E-state index contributed by atoms with van der Waals surface area (Å²) in [4.78, 5) is 36.2. The number of carbonyl (C=O) groups is 2. The summed E-state index contributed by atoms with van der Waals surface area (Å²) >= 11 is 0. The molecule has 170 valence electrons. The zero-order chi connectivity index (χ0) is 22.3. The number of aromatic nitrogens is 1. The average Bonchev–Trinajstić information content (AvgIpc) is 2.87. The summed E-state index contributed by atoms with van der Waals surface area (Å²) in [5, 5.41) is 0. The predicted octanol–water partition coefficient (Wildman–Crippen LogP) is 3.07. The van der Waals surface area contributed by atoms with Crippen LogP contribution in [-0.2, 0) is 4.79 Å². The maximum Gasteiger partial charge on any atom is 0.253 e. The molecule has 2 amide bonds. The molecular formula is C25H32N4O3. The summed E-state index contributed by atoms with van der Waals surface area (Å²) < 4.78 is 5.18.